The Bertz CT molecular complexity index is 711. The van der Waals surface area contributed by atoms with Crippen molar-refractivity contribution in [1.29, 1.82) is 0 Å². The average Bonchev–Trinajstić information content (AvgIpc) is 3.01. The fourth-order valence-corrected chi connectivity index (χ4v) is 3.78. The lowest BCUT2D eigenvalue weighted by atomic mass is 10.1. The summed E-state index contributed by atoms with van der Waals surface area (Å²) in [6.07, 6.45) is 0.314. The van der Waals surface area contributed by atoms with Gasteiger partial charge >= 0.3 is 0 Å². The molecule has 2 heterocycles. The van der Waals surface area contributed by atoms with E-state index in [4.69, 9.17) is 0 Å². The van der Waals surface area contributed by atoms with Crippen molar-refractivity contribution < 1.29 is 14.5 Å². The van der Waals surface area contributed by atoms with Gasteiger partial charge in [-0.15, -0.1) is 0 Å². The van der Waals surface area contributed by atoms with Gasteiger partial charge in [0.15, 0.2) is 0 Å². The minimum atomic E-state index is -0.411. The third kappa shape index (κ3) is 4.37. The van der Waals surface area contributed by atoms with Crippen LogP contribution in [0.2, 0.25) is 0 Å². The standard InChI is InChI=1S/C19H26N4O4/c1-14(2)12-22-13-15(11-18(22)24)19(25)21-9-7-20(8-10-21)16-3-5-17(6-4-16)23(26)27/h3-6,14-15H,7-13H2,1-2H3. The Morgan fingerprint density at radius 3 is 2.37 bits per heavy atom. The molecule has 0 saturated carbocycles. The average molecular weight is 374 g/mol. The van der Waals surface area contributed by atoms with Crippen molar-refractivity contribution in [3.8, 4) is 0 Å². The molecule has 1 aromatic rings. The molecule has 0 spiro atoms. The molecular weight excluding hydrogens is 348 g/mol. The highest BCUT2D eigenvalue weighted by Crippen LogP contribution is 2.24. The highest BCUT2D eigenvalue weighted by molar-refractivity contribution is 5.89. The van der Waals surface area contributed by atoms with Gasteiger partial charge in [-0.1, -0.05) is 13.8 Å². The normalized spacial score (nSPS) is 20.5. The maximum absolute atomic E-state index is 12.8. The fourth-order valence-electron chi connectivity index (χ4n) is 3.78. The number of carbonyl (C=O) groups is 2. The van der Waals surface area contributed by atoms with Crippen LogP contribution in [0.15, 0.2) is 24.3 Å². The Balaban J connectivity index is 1.53. The van der Waals surface area contributed by atoms with Gasteiger partial charge in [0.2, 0.25) is 11.8 Å². The Labute approximate surface area is 158 Å². The fraction of sp³-hybridized carbons (Fsp3) is 0.579. The molecule has 1 atom stereocenters. The van der Waals surface area contributed by atoms with Crippen molar-refractivity contribution in [2.24, 2.45) is 11.8 Å². The lowest BCUT2D eigenvalue weighted by molar-refractivity contribution is -0.384. The minimum absolute atomic E-state index is 0.0676. The van der Waals surface area contributed by atoms with E-state index in [1.807, 2.05) is 4.90 Å². The Morgan fingerprint density at radius 2 is 1.81 bits per heavy atom. The molecule has 1 aromatic carbocycles. The van der Waals surface area contributed by atoms with Crippen LogP contribution in [-0.2, 0) is 9.59 Å². The molecule has 27 heavy (non-hydrogen) atoms. The van der Waals surface area contributed by atoms with E-state index in [1.165, 1.54) is 12.1 Å². The minimum Gasteiger partial charge on any atom is -0.368 e. The van der Waals surface area contributed by atoms with Crippen LogP contribution in [-0.4, -0.2) is 65.8 Å². The van der Waals surface area contributed by atoms with Crippen molar-refractivity contribution in [3.05, 3.63) is 34.4 Å². The number of piperazine rings is 1. The Kier molecular flexibility index (Phi) is 5.62. The lowest BCUT2D eigenvalue weighted by Gasteiger charge is -2.37. The van der Waals surface area contributed by atoms with E-state index in [1.54, 1.807) is 17.0 Å². The number of rotatable bonds is 5. The summed E-state index contributed by atoms with van der Waals surface area (Å²) < 4.78 is 0. The second kappa shape index (κ2) is 7.94. The van der Waals surface area contributed by atoms with Gasteiger partial charge < -0.3 is 14.7 Å². The summed E-state index contributed by atoms with van der Waals surface area (Å²) in [6.45, 7) is 7.93. The van der Waals surface area contributed by atoms with Gasteiger partial charge in [0.1, 0.15) is 0 Å². The summed E-state index contributed by atoms with van der Waals surface area (Å²) in [4.78, 5) is 41.0. The molecule has 0 N–H and O–H groups in total. The molecule has 146 valence electrons. The number of likely N-dealkylation sites (tertiary alicyclic amines) is 1. The first-order valence-corrected chi connectivity index (χ1v) is 9.41. The number of hydrogen-bond donors (Lipinski definition) is 0. The maximum atomic E-state index is 12.8. The van der Waals surface area contributed by atoms with Gasteiger partial charge in [0, 0.05) is 63.5 Å². The van der Waals surface area contributed by atoms with Crippen LogP contribution < -0.4 is 4.90 Å². The molecule has 3 rings (SSSR count). The largest absolute Gasteiger partial charge is 0.368 e. The number of nitro benzene ring substituents is 1. The monoisotopic (exact) mass is 374 g/mol. The number of nitrogens with zero attached hydrogens (tertiary/aromatic N) is 4. The van der Waals surface area contributed by atoms with Crippen molar-refractivity contribution in [2.45, 2.75) is 20.3 Å². The number of benzene rings is 1. The van der Waals surface area contributed by atoms with Gasteiger partial charge in [-0.3, -0.25) is 19.7 Å². The Morgan fingerprint density at radius 1 is 1.19 bits per heavy atom. The molecule has 2 fully saturated rings. The van der Waals surface area contributed by atoms with Crippen LogP contribution in [0.3, 0.4) is 0 Å². The number of hydrogen-bond acceptors (Lipinski definition) is 5. The van der Waals surface area contributed by atoms with Crippen LogP contribution in [0.25, 0.3) is 0 Å². The van der Waals surface area contributed by atoms with E-state index in [9.17, 15) is 19.7 Å². The number of carbonyl (C=O) groups excluding carboxylic acids is 2. The lowest BCUT2D eigenvalue weighted by Crippen LogP contribution is -2.50. The predicted octanol–water partition coefficient (Wildman–Crippen LogP) is 1.75. The summed E-state index contributed by atoms with van der Waals surface area (Å²) in [7, 11) is 0. The second-order valence-corrected chi connectivity index (χ2v) is 7.68. The second-order valence-electron chi connectivity index (χ2n) is 7.68. The summed E-state index contributed by atoms with van der Waals surface area (Å²) in [5.74, 6) is 0.305. The molecule has 2 saturated heterocycles. The Hall–Kier alpha value is -2.64. The molecular formula is C19H26N4O4. The number of non-ortho nitro benzene ring substituents is 1. The molecule has 0 bridgehead atoms. The molecule has 0 radical (unpaired) electrons. The topological polar surface area (TPSA) is 87.0 Å². The van der Waals surface area contributed by atoms with Gasteiger partial charge in [0.25, 0.3) is 5.69 Å². The van der Waals surface area contributed by atoms with Gasteiger partial charge in [0.05, 0.1) is 10.8 Å². The summed E-state index contributed by atoms with van der Waals surface area (Å²) in [5.41, 5.74) is 0.997. The SMILES string of the molecule is CC(C)CN1CC(C(=O)N2CCN(c3ccc([N+](=O)[O-])cc3)CC2)CC1=O. The molecule has 2 amide bonds. The maximum Gasteiger partial charge on any atom is 0.269 e. The quantitative estimate of drug-likeness (QED) is 0.579. The summed E-state index contributed by atoms with van der Waals surface area (Å²) in [6, 6.07) is 6.49. The third-order valence-electron chi connectivity index (χ3n) is 5.17. The van der Waals surface area contributed by atoms with Crippen LogP contribution in [0.1, 0.15) is 20.3 Å². The van der Waals surface area contributed by atoms with Gasteiger partial charge in [-0.25, -0.2) is 0 Å². The van der Waals surface area contributed by atoms with Crippen LogP contribution in [0.4, 0.5) is 11.4 Å². The van der Waals surface area contributed by atoms with Gasteiger partial charge in [-0.05, 0) is 18.1 Å². The number of nitro groups is 1. The highest BCUT2D eigenvalue weighted by Gasteiger charge is 2.37. The number of amides is 2. The zero-order chi connectivity index (χ0) is 19.6. The molecule has 8 heteroatoms. The highest BCUT2D eigenvalue weighted by atomic mass is 16.6. The van der Waals surface area contributed by atoms with E-state index in [-0.39, 0.29) is 23.4 Å². The molecule has 1 unspecified atom stereocenters. The summed E-state index contributed by atoms with van der Waals surface area (Å²) in [5, 5.41) is 10.8. The first-order valence-electron chi connectivity index (χ1n) is 9.41. The molecule has 2 aliphatic heterocycles. The van der Waals surface area contributed by atoms with Crippen molar-refractivity contribution in [3.63, 3.8) is 0 Å². The van der Waals surface area contributed by atoms with Crippen LogP contribution in [0, 0.1) is 22.0 Å². The number of anilines is 1. The van der Waals surface area contributed by atoms with E-state index < -0.39 is 4.92 Å². The molecule has 0 aliphatic carbocycles. The van der Waals surface area contributed by atoms with E-state index in [0.717, 1.165) is 5.69 Å². The van der Waals surface area contributed by atoms with Crippen LogP contribution in [0.5, 0.6) is 0 Å². The zero-order valence-electron chi connectivity index (χ0n) is 15.8. The predicted molar refractivity (Wildman–Crippen MR) is 101 cm³/mol. The molecule has 0 aromatic heterocycles. The smallest absolute Gasteiger partial charge is 0.269 e. The first-order chi connectivity index (χ1) is 12.8. The van der Waals surface area contributed by atoms with E-state index >= 15 is 0 Å². The van der Waals surface area contributed by atoms with Crippen molar-refractivity contribution >= 4 is 23.2 Å². The van der Waals surface area contributed by atoms with Crippen molar-refractivity contribution in [1.82, 2.24) is 9.80 Å². The molecule has 2 aliphatic rings. The van der Waals surface area contributed by atoms with Gasteiger partial charge in [-0.2, -0.15) is 0 Å². The summed E-state index contributed by atoms with van der Waals surface area (Å²) >= 11 is 0. The molecule has 8 nitrogen and oxygen atoms in total. The van der Waals surface area contributed by atoms with Crippen molar-refractivity contribution in [2.75, 3.05) is 44.2 Å². The van der Waals surface area contributed by atoms with E-state index in [0.29, 0.717) is 51.6 Å². The first kappa shape index (κ1) is 19.1. The van der Waals surface area contributed by atoms with Crippen LogP contribution >= 0.6 is 0 Å². The third-order valence-corrected chi connectivity index (χ3v) is 5.17. The zero-order valence-corrected chi connectivity index (χ0v) is 15.8. The van der Waals surface area contributed by atoms with E-state index in [2.05, 4.69) is 18.7 Å².